The maximum Gasteiger partial charge on any atom is 0.153 e. The van der Waals surface area contributed by atoms with Crippen molar-refractivity contribution in [1.82, 2.24) is 4.90 Å². The lowest BCUT2D eigenvalue weighted by Crippen LogP contribution is -2.39. The third kappa shape index (κ3) is 5.16. The minimum Gasteiger partial charge on any atom is -0.493 e. The summed E-state index contributed by atoms with van der Waals surface area (Å²) in [4.78, 5) is 13.5. The predicted octanol–water partition coefficient (Wildman–Crippen LogP) is 3.64. The molecule has 1 heterocycles. The van der Waals surface area contributed by atoms with E-state index in [9.17, 15) is 4.79 Å². The van der Waals surface area contributed by atoms with Crippen LogP contribution in [-0.4, -0.2) is 37.4 Å². The molecule has 0 unspecified atom stereocenters. The molecule has 3 nitrogen and oxygen atoms in total. The molecule has 1 aliphatic heterocycles. The van der Waals surface area contributed by atoms with Gasteiger partial charge in [-0.2, -0.15) is 0 Å². The highest BCUT2D eigenvalue weighted by Crippen LogP contribution is 2.21. The molecule has 0 spiro atoms. The molecule has 2 atom stereocenters. The lowest BCUT2D eigenvalue weighted by atomic mass is 9.92. The average Bonchev–Trinajstić information content (AvgIpc) is 2.46. The molecule has 0 N–H and O–H groups in total. The third-order valence-electron chi connectivity index (χ3n) is 4.12. The van der Waals surface area contributed by atoms with Gasteiger partial charge in [-0.1, -0.05) is 26.0 Å². The van der Waals surface area contributed by atoms with E-state index in [1.165, 1.54) is 19.5 Å². The zero-order chi connectivity index (χ0) is 15.1. The molecular weight excluding hydrogens is 262 g/mol. The first-order chi connectivity index (χ1) is 10.2. The lowest BCUT2D eigenvalue weighted by Gasteiger charge is -2.34. The van der Waals surface area contributed by atoms with Crippen LogP contribution in [0.3, 0.4) is 0 Å². The Morgan fingerprint density at radius 2 is 1.90 bits per heavy atom. The minimum atomic E-state index is 0.635. The van der Waals surface area contributed by atoms with Gasteiger partial charge in [-0.15, -0.1) is 0 Å². The van der Waals surface area contributed by atoms with Crippen molar-refractivity contribution in [1.29, 1.82) is 0 Å². The highest BCUT2D eigenvalue weighted by Gasteiger charge is 2.20. The Bertz CT molecular complexity index is 437. The zero-order valence-corrected chi connectivity index (χ0v) is 13.3. The largest absolute Gasteiger partial charge is 0.493 e. The topological polar surface area (TPSA) is 29.5 Å². The van der Waals surface area contributed by atoms with Gasteiger partial charge in [0.1, 0.15) is 5.75 Å². The molecule has 0 aromatic heterocycles. The molecule has 0 aliphatic carbocycles. The first-order valence-corrected chi connectivity index (χ1v) is 8.08. The molecule has 1 aromatic carbocycles. The fourth-order valence-corrected chi connectivity index (χ4v) is 3.30. The first-order valence-electron chi connectivity index (χ1n) is 8.08. The summed E-state index contributed by atoms with van der Waals surface area (Å²) in [5.74, 6) is 2.35. The van der Waals surface area contributed by atoms with Gasteiger partial charge in [0, 0.05) is 13.1 Å². The smallest absolute Gasteiger partial charge is 0.153 e. The summed E-state index contributed by atoms with van der Waals surface area (Å²) >= 11 is 0. The monoisotopic (exact) mass is 289 g/mol. The van der Waals surface area contributed by atoms with Crippen LogP contribution in [0.2, 0.25) is 0 Å². The van der Waals surface area contributed by atoms with Crippen molar-refractivity contribution in [3.05, 3.63) is 29.8 Å². The highest BCUT2D eigenvalue weighted by atomic mass is 16.5. The van der Waals surface area contributed by atoms with Crippen LogP contribution in [0, 0.1) is 11.8 Å². The first kappa shape index (κ1) is 16.0. The van der Waals surface area contributed by atoms with E-state index in [4.69, 9.17) is 4.74 Å². The SMILES string of the molecule is C[C@H]1C[C@H](C)CN(CCCCOc2ccccc2C=O)C1. The maximum atomic E-state index is 10.9. The number of benzene rings is 1. The fourth-order valence-electron chi connectivity index (χ4n) is 3.30. The van der Waals surface area contributed by atoms with E-state index in [2.05, 4.69) is 18.7 Å². The molecule has 0 bridgehead atoms. The van der Waals surface area contributed by atoms with Crippen LogP contribution < -0.4 is 4.74 Å². The predicted molar refractivity (Wildman–Crippen MR) is 85.9 cm³/mol. The summed E-state index contributed by atoms with van der Waals surface area (Å²) in [5, 5.41) is 0. The Morgan fingerprint density at radius 3 is 2.62 bits per heavy atom. The van der Waals surface area contributed by atoms with Crippen molar-refractivity contribution in [2.24, 2.45) is 11.8 Å². The summed E-state index contributed by atoms with van der Waals surface area (Å²) in [5.41, 5.74) is 0.635. The number of rotatable bonds is 7. The molecule has 2 rings (SSSR count). The van der Waals surface area contributed by atoms with Gasteiger partial charge in [0.05, 0.1) is 12.2 Å². The number of aldehydes is 1. The Hall–Kier alpha value is -1.35. The lowest BCUT2D eigenvalue weighted by molar-refractivity contribution is 0.111. The van der Waals surface area contributed by atoms with E-state index < -0.39 is 0 Å². The fraction of sp³-hybridized carbons (Fsp3) is 0.611. The number of hydrogen-bond acceptors (Lipinski definition) is 3. The van der Waals surface area contributed by atoms with Crippen molar-refractivity contribution in [2.75, 3.05) is 26.2 Å². The van der Waals surface area contributed by atoms with Crippen LogP contribution in [0.15, 0.2) is 24.3 Å². The van der Waals surface area contributed by atoms with E-state index in [0.29, 0.717) is 17.9 Å². The van der Waals surface area contributed by atoms with E-state index in [0.717, 1.165) is 37.5 Å². The van der Waals surface area contributed by atoms with E-state index >= 15 is 0 Å². The van der Waals surface area contributed by atoms with Gasteiger partial charge in [-0.3, -0.25) is 4.79 Å². The summed E-state index contributed by atoms with van der Waals surface area (Å²) < 4.78 is 5.71. The molecule has 0 amide bonds. The number of carbonyl (C=O) groups is 1. The Balaban J connectivity index is 1.65. The molecule has 0 radical (unpaired) electrons. The van der Waals surface area contributed by atoms with Gasteiger partial charge < -0.3 is 9.64 Å². The summed E-state index contributed by atoms with van der Waals surface area (Å²) in [7, 11) is 0. The molecule has 1 saturated heterocycles. The van der Waals surface area contributed by atoms with Crippen LogP contribution in [0.4, 0.5) is 0 Å². The van der Waals surface area contributed by atoms with Crippen LogP contribution >= 0.6 is 0 Å². The van der Waals surface area contributed by atoms with Crippen LogP contribution in [-0.2, 0) is 0 Å². The zero-order valence-electron chi connectivity index (χ0n) is 13.3. The number of piperidine rings is 1. The number of likely N-dealkylation sites (tertiary alicyclic amines) is 1. The number of unbranched alkanes of at least 4 members (excludes halogenated alkanes) is 1. The summed E-state index contributed by atoms with van der Waals surface area (Å²) in [6, 6.07) is 7.41. The summed E-state index contributed by atoms with van der Waals surface area (Å²) in [6.45, 7) is 9.01. The summed E-state index contributed by atoms with van der Waals surface area (Å²) in [6.07, 6.45) is 4.41. The second kappa shape index (κ2) is 8.18. The molecular formula is C18H27NO2. The van der Waals surface area contributed by atoms with E-state index in [-0.39, 0.29) is 0 Å². The Kier molecular flexibility index (Phi) is 6.24. The van der Waals surface area contributed by atoms with Crippen LogP contribution in [0.5, 0.6) is 5.75 Å². The van der Waals surface area contributed by atoms with Crippen molar-refractivity contribution in [3.63, 3.8) is 0 Å². The van der Waals surface area contributed by atoms with Crippen molar-refractivity contribution >= 4 is 6.29 Å². The van der Waals surface area contributed by atoms with Crippen molar-refractivity contribution in [3.8, 4) is 5.75 Å². The van der Waals surface area contributed by atoms with Gasteiger partial charge in [0.15, 0.2) is 6.29 Å². The van der Waals surface area contributed by atoms with E-state index in [1.54, 1.807) is 6.07 Å². The van der Waals surface area contributed by atoms with Gasteiger partial charge in [-0.25, -0.2) is 0 Å². The molecule has 3 heteroatoms. The average molecular weight is 289 g/mol. The number of para-hydroxylation sites is 1. The molecule has 1 aromatic rings. The van der Waals surface area contributed by atoms with Crippen molar-refractivity contribution in [2.45, 2.75) is 33.1 Å². The normalized spacial score (nSPS) is 23.0. The number of ether oxygens (including phenoxy) is 1. The van der Waals surface area contributed by atoms with Crippen LogP contribution in [0.25, 0.3) is 0 Å². The molecule has 1 aliphatic rings. The van der Waals surface area contributed by atoms with E-state index in [1.807, 2.05) is 18.2 Å². The standard InChI is InChI=1S/C18H27NO2/c1-15-11-16(2)13-19(12-15)9-5-6-10-21-18-8-4-3-7-17(18)14-20/h3-4,7-8,14-16H,5-6,9-13H2,1-2H3/t15-,16-/m0/s1. The molecule has 0 saturated carbocycles. The maximum absolute atomic E-state index is 10.9. The van der Waals surface area contributed by atoms with Crippen molar-refractivity contribution < 1.29 is 9.53 Å². The second-order valence-corrected chi connectivity index (χ2v) is 6.42. The quantitative estimate of drug-likeness (QED) is 0.567. The number of nitrogens with zero attached hydrogens (tertiary/aromatic N) is 1. The minimum absolute atomic E-state index is 0.635. The van der Waals surface area contributed by atoms with Gasteiger partial charge >= 0.3 is 0 Å². The Morgan fingerprint density at radius 1 is 1.19 bits per heavy atom. The van der Waals surface area contributed by atoms with Gasteiger partial charge in [-0.05, 0) is 49.8 Å². The Labute approximate surface area is 128 Å². The molecule has 1 fully saturated rings. The highest BCUT2D eigenvalue weighted by molar-refractivity contribution is 5.79. The molecule has 116 valence electrons. The number of hydrogen-bond donors (Lipinski definition) is 0. The van der Waals surface area contributed by atoms with Gasteiger partial charge in [0.25, 0.3) is 0 Å². The number of carbonyl (C=O) groups excluding carboxylic acids is 1. The molecule has 21 heavy (non-hydrogen) atoms. The van der Waals surface area contributed by atoms with Gasteiger partial charge in [0.2, 0.25) is 0 Å². The van der Waals surface area contributed by atoms with Crippen LogP contribution in [0.1, 0.15) is 43.5 Å². The third-order valence-corrected chi connectivity index (χ3v) is 4.12. The second-order valence-electron chi connectivity index (χ2n) is 6.42.